The van der Waals surface area contributed by atoms with Crippen LogP contribution in [0.2, 0.25) is 5.02 Å². The molecule has 0 amide bonds. The second-order valence-electron chi connectivity index (χ2n) is 3.29. The van der Waals surface area contributed by atoms with Gasteiger partial charge in [0.15, 0.2) is 0 Å². The van der Waals surface area contributed by atoms with E-state index in [0.717, 1.165) is 6.07 Å². The molecule has 0 radical (unpaired) electrons. The number of aryl methyl sites for hydroxylation is 1. The minimum Gasteiger partial charge on any atom is -0.287 e. The summed E-state index contributed by atoms with van der Waals surface area (Å²) in [6, 6.07) is 5.27. The first-order valence-corrected chi connectivity index (χ1v) is 4.95. The van der Waals surface area contributed by atoms with Gasteiger partial charge >= 0.3 is 0 Å². The molecule has 1 heterocycles. The van der Waals surface area contributed by atoms with E-state index in [1.807, 2.05) is 0 Å². The van der Waals surface area contributed by atoms with Crippen LogP contribution in [0, 0.1) is 5.82 Å². The summed E-state index contributed by atoms with van der Waals surface area (Å²) in [6.07, 6.45) is 1.52. The van der Waals surface area contributed by atoms with Gasteiger partial charge in [-0.25, -0.2) is 4.39 Å². The summed E-state index contributed by atoms with van der Waals surface area (Å²) in [7, 11) is 1.66. The molecule has 0 saturated heterocycles. The topological polar surface area (TPSA) is 34.9 Å². The molecule has 82 valence electrons. The third-order valence-electron chi connectivity index (χ3n) is 2.23. The van der Waals surface area contributed by atoms with E-state index in [-0.39, 0.29) is 16.4 Å². The molecule has 0 fully saturated rings. The third-order valence-corrected chi connectivity index (χ3v) is 2.54. The fraction of sp³-hybridized carbons (Fsp3) is 0.0909. The first-order valence-electron chi connectivity index (χ1n) is 4.57. The standard InChI is InChI=1S/C11H8ClFN2O/c1-15-10(4-5-14-15)11(16)8-3-2-7(13)6-9(8)12/h2-6H,1H3. The summed E-state index contributed by atoms with van der Waals surface area (Å²) >= 11 is 5.80. The molecule has 0 unspecified atom stereocenters. The van der Waals surface area contributed by atoms with E-state index in [1.54, 1.807) is 13.1 Å². The molecule has 1 aromatic carbocycles. The SMILES string of the molecule is Cn1nccc1C(=O)c1ccc(F)cc1Cl. The normalized spacial score (nSPS) is 10.4. The summed E-state index contributed by atoms with van der Waals surface area (Å²) in [5.74, 6) is -0.739. The number of hydrogen-bond donors (Lipinski definition) is 0. The van der Waals surface area contributed by atoms with Crippen LogP contribution in [-0.4, -0.2) is 15.6 Å². The van der Waals surface area contributed by atoms with Gasteiger partial charge in [-0.05, 0) is 24.3 Å². The lowest BCUT2D eigenvalue weighted by atomic mass is 10.1. The highest BCUT2D eigenvalue weighted by molar-refractivity contribution is 6.34. The van der Waals surface area contributed by atoms with Crippen molar-refractivity contribution in [2.24, 2.45) is 7.05 Å². The Balaban J connectivity index is 2.46. The van der Waals surface area contributed by atoms with Gasteiger partial charge in [-0.2, -0.15) is 5.10 Å². The quantitative estimate of drug-likeness (QED) is 0.754. The van der Waals surface area contributed by atoms with Crippen LogP contribution in [0.3, 0.4) is 0 Å². The van der Waals surface area contributed by atoms with Crippen molar-refractivity contribution in [1.29, 1.82) is 0 Å². The average molecular weight is 239 g/mol. The summed E-state index contributed by atoms with van der Waals surface area (Å²) in [4.78, 5) is 12.0. The van der Waals surface area contributed by atoms with Gasteiger partial charge in [0.25, 0.3) is 0 Å². The first-order chi connectivity index (χ1) is 7.59. The Labute approximate surface area is 96.5 Å². The second-order valence-corrected chi connectivity index (χ2v) is 3.70. The molecule has 0 atom stereocenters. The smallest absolute Gasteiger partial charge is 0.212 e. The highest BCUT2D eigenvalue weighted by atomic mass is 35.5. The number of ketones is 1. The van der Waals surface area contributed by atoms with Crippen LogP contribution >= 0.6 is 11.6 Å². The van der Waals surface area contributed by atoms with Crippen LogP contribution < -0.4 is 0 Å². The second kappa shape index (κ2) is 4.06. The van der Waals surface area contributed by atoms with Crippen molar-refractivity contribution in [2.45, 2.75) is 0 Å². The van der Waals surface area contributed by atoms with Crippen LogP contribution in [-0.2, 0) is 7.05 Å². The first kappa shape index (κ1) is 10.8. The van der Waals surface area contributed by atoms with Crippen molar-refractivity contribution in [3.8, 4) is 0 Å². The van der Waals surface area contributed by atoms with E-state index in [1.165, 1.54) is 23.0 Å². The Bertz CT molecular complexity index is 551. The van der Waals surface area contributed by atoms with Crippen LogP contribution in [0.5, 0.6) is 0 Å². The maximum atomic E-state index is 12.8. The minimum absolute atomic E-state index is 0.103. The van der Waals surface area contributed by atoms with Gasteiger partial charge in [-0.15, -0.1) is 0 Å². The van der Waals surface area contributed by atoms with Crippen molar-refractivity contribution in [2.75, 3.05) is 0 Å². The van der Waals surface area contributed by atoms with Gasteiger partial charge in [0.1, 0.15) is 11.5 Å². The van der Waals surface area contributed by atoms with Gasteiger partial charge < -0.3 is 0 Å². The summed E-state index contributed by atoms with van der Waals surface area (Å²) < 4.78 is 14.3. The van der Waals surface area contributed by atoms with Gasteiger partial charge in [-0.1, -0.05) is 11.6 Å². The molecular formula is C11H8ClFN2O. The molecule has 2 aromatic rings. The maximum Gasteiger partial charge on any atom is 0.212 e. The molecule has 0 aliphatic rings. The van der Waals surface area contributed by atoms with E-state index in [2.05, 4.69) is 5.10 Å². The molecule has 1 aromatic heterocycles. The highest BCUT2D eigenvalue weighted by Crippen LogP contribution is 2.20. The van der Waals surface area contributed by atoms with Crippen molar-refractivity contribution >= 4 is 17.4 Å². The van der Waals surface area contributed by atoms with E-state index in [9.17, 15) is 9.18 Å². The van der Waals surface area contributed by atoms with Crippen LogP contribution in [0.25, 0.3) is 0 Å². The number of aromatic nitrogens is 2. The Hall–Kier alpha value is -1.68. The largest absolute Gasteiger partial charge is 0.287 e. The summed E-state index contributed by atoms with van der Waals surface area (Å²) in [6.45, 7) is 0. The van der Waals surface area contributed by atoms with E-state index < -0.39 is 5.82 Å². The number of nitrogens with zero attached hydrogens (tertiary/aromatic N) is 2. The lowest BCUT2D eigenvalue weighted by molar-refractivity contribution is 0.103. The lowest BCUT2D eigenvalue weighted by Crippen LogP contribution is -2.08. The van der Waals surface area contributed by atoms with E-state index >= 15 is 0 Å². The van der Waals surface area contributed by atoms with Gasteiger partial charge in [0.2, 0.25) is 5.78 Å². The fourth-order valence-electron chi connectivity index (χ4n) is 1.41. The van der Waals surface area contributed by atoms with Crippen molar-refractivity contribution < 1.29 is 9.18 Å². The zero-order valence-corrected chi connectivity index (χ0v) is 9.20. The third kappa shape index (κ3) is 1.84. The zero-order chi connectivity index (χ0) is 11.7. The number of benzene rings is 1. The molecule has 0 saturated carbocycles. The molecule has 0 spiro atoms. The van der Waals surface area contributed by atoms with Crippen molar-refractivity contribution in [3.63, 3.8) is 0 Å². The number of halogens is 2. The van der Waals surface area contributed by atoms with E-state index in [0.29, 0.717) is 5.69 Å². The Morgan fingerprint density at radius 3 is 2.75 bits per heavy atom. The van der Waals surface area contributed by atoms with E-state index in [4.69, 9.17) is 11.6 Å². The Morgan fingerprint density at radius 2 is 2.19 bits per heavy atom. The number of carbonyl (C=O) groups is 1. The molecule has 0 N–H and O–H groups in total. The van der Waals surface area contributed by atoms with Crippen LogP contribution in [0.1, 0.15) is 16.1 Å². The van der Waals surface area contributed by atoms with Crippen molar-refractivity contribution in [1.82, 2.24) is 9.78 Å². The summed E-state index contributed by atoms with van der Waals surface area (Å²) in [5.41, 5.74) is 0.681. The summed E-state index contributed by atoms with van der Waals surface area (Å²) in [5, 5.41) is 3.99. The highest BCUT2D eigenvalue weighted by Gasteiger charge is 2.16. The Morgan fingerprint density at radius 1 is 1.44 bits per heavy atom. The molecule has 16 heavy (non-hydrogen) atoms. The van der Waals surface area contributed by atoms with Crippen molar-refractivity contribution in [3.05, 3.63) is 52.6 Å². The number of hydrogen-bond acceptors (Lipinski definition) is 2. The molecule has 0 bridgehead atoms. The lowest BCUT2D eigenvalue weighted by Gasteiger charge is -2.03. The molecule has 5 heteroatoms. The molecule has 2 rings (SSSR count). The molecule has 0 aliphatic heterocycles. The zero-order valence-electron chi connectivity index (χ0n) is 8.45. The minimum atomic E-state index is -0.466. The predicted octanol–water partition coefficient (Wildman–Crippen LogP) is 2.44. The Kier molecular flexibility index (Phi) is 2.75. The van der Waals surface area contributed by atoms with Gasteiger partial charge in [-0.3, -0.25) is 9.48 Å². The predicted molar refractivity (Wildman–Crippen MR) is 58.1 cm³/mol. The molecular weight excluding hydrogens is 231 g/mol. The fourth-order valence-corrected chi connectivity index (χ4v) is 1.66. The molecule has 3 nitrogen and oxygen atoms in total. The van der Waals surface area contributed by atoms with Gasteiger partial charge in [0.05, 0.1) is 5.02 Å². The van der Waals surface area contributed by atoms with Crippen LogP contribution in [0.4, 0.5) is 4.39 Å². The molecule has 0 aliphatic carbocycles. The number of carbonyl (C=O) groups excluding carboxylic acids is 1. The monoisotopic (exact) mass is 238 g/mol. The van der Waals surface area contributed by atoms with Crippen LogP contribution in [0.15, 0.2) is 30.5 Å². The van der Waals surface area contributed by atoms with Gasteiger partial charge in [0, 0.05) is 18.8 Å². The number of rotatable bonds is 2. The average Bonchev–Trinajstić information content (AvgIpc) is 2.63. The maximum absolute atomic E-state index is 12.8.